The highest BCUT2D eigenvalue weighted by molar-refractivity contribution is 7.91. The van der Waals surface area contributed by atoms with Gasteiger partial charge >= 0.3 is 0 Å². The zero-order valence-electron chi connectivity index (χ0n) is 10.9. The molecule has 0 spiro atoms. The topological polar surface area (TPSA) is 63.4 Å². The van der Waals surface area contributed by atoms with Crippen LogP contribution in [0.3, 0.4) is 0 Å². The Morgan fingerprint density at radius 2 is 1.90 bits per heavy atom. The molecule has 1 heterocycles. The van der Waals surface area contributed by atoms with Crippen LogP contribution < -0.4 is 5.73 Å². The molecular formula is C14H16N2O2S2. The zero-order valence-corrected chi connectivity index (χ0v) is 12.5. The second kappa shape index (κ2) is 5.20. The van der Waals surface area contributed by atoms with Crippen molar-refractivity contribution in [3.63, 3.8) is 0 Å². The molecule has 1 fully saturated rings. The number of nitrogens with two attached hydrogens (primary N) is 1. The lowest BCUT2D eigenvalue weighted by Crippen LogP contribution is -2.32. The molecule has 4 nitrogen and oxygen atoms in total. The van der Waals surface area contributed by atoms with E-state index in [0.717, 1.165) is 18.4 Å². The summed E-state index contributed by atoms with van der Waals surface area (Å²) in [4.78, 5) is 0. The molecule has 1 aromatic heterocycles. The standard InChI is InChI=1S/C14H16N2O2S2/c15-12-5-3-11(4-6-12)10-16(13-7-8-13)20(17,18)14-2-1-9-19-14/h1-6,9,13H,7-8,10,15H2. The lowest BCUT2D eigenvalue weighted by atomic mass is 10.2. The van der Waals surface area contributed by atoms with Gasteiger partial charge in [-0.1, -0.05) is 18.2 Å². The van der Waals surface area contributed by atoms with Crippen LogP contribution in [0.5, 0.6) is 0 Å². The Morgan fingerprint density at radius 1 is 1.20 bits per heavy atom. The van der Waals surface area contributed by atoms with Crippen LogP contribution in [0.15, 0.2) is 46.0 Å². The predicted octanol–water partition coefficient (Wildman–Crippen LogP) is 2.68. The van der Waals surface area contributed by atoms with Crippen molar-refractivity contribution in [3.8, 4) is 0 Å². The molecule has 20 heavy (non-hydrogen) atoms. The van der Waals surface area contributed by atoms with Crippen LogP contribution >= 0.6 is 11.3 Å². The second-order valence-corrected chi connectivity index (χ2v) is 8.02. The number of rotatable bonds is 5. The molecule has 0 atom stereocenters. The molecular weight excluding hydrogens is 292 g/mol. The summed E-state index contributed by atoms with van der Waals surface area (Å²) in [6.45, 7) is 0.408. The van der Waals surface area contributed by atoms with E-state index in [1.807, 2.05) is 12.1 Å². The van der Waals surface area contributed by atoms with E-state index in [-0.39, 0.29) is 6.04 Å². The Morgan fingerprint density at radius 3 is 2.45 bits per heavy atom. The number of anilines is 1. The fraction of sp³-hybridized carbons (Fsp3) is 0.286. The zero-order chi connectivity index (χ0) is 14.2. The summed E-state index contributed by atoms with van der Waals surface area (Å²) in [7, 11) is -3.38. The summed E-state index contributed by atoms with van der Waals surface area (Å²) in [5.41, 5.74) is 7.31. The molecule has 0 aliphatic heterocycles. The van der Waals surface area contributed by atoms with Crippen LogP contribution in [-0.2, 0) is 16.6 Å². The van der Waals surface area contributed by atoms with E-state index in [9.17, 15) is 8.42 Å². The van der Waals surface area contributed by atoms with E-state index in [2.05, 4.69) is 0 Å². The first-order chi connectivity index (χ1) is 9.57. The Kier molecular flexibility index (Phi) is 3.54. The van der Waals surface area contributed by atoms with Gasteiger partial charge in [-0.2, -0.15) is 4.31 Å². The van der Waals surface area contributed by atoms with Crippen molar-refractivity contribution < 1.29 is 8.42 Å². The minimum absolute atomic E-state index is 0.139. The maximum Gasteiger partial charge on any atom is 0.253 e. The van der Waals surface area contributed by atoms with Gasteiger partial charge in [0.1, 0.15) is 4.21 Å². The molecule has 6 heteroatoms. The lowest BCUT2D eigenvalue weighted by Gasteiger charge is -2.21. The lowest BCUT2D eigenvalue weighted by molar-refractivity contribution is 0.400. The van der Waals surface area contributed by atoms with Gasteiger partial charge in [0.2, 0.25) is 0 Å². The van der Waals surface area contributed by atoms with Crippen LogP contribution in [0.25, 0.3) is 0 Å². The molecule has 0 saturated heterocycles. The fourth-order valence-electron chi connectivity index (χ4n) is 2.10. The minimum atomic E-state index is -3.38. The van der Waals surface area contributed by atoms with Crippen molar-refractivity contribution >= 4 is 27.0 Å². The fourth-order valence-corrected chi connectivity index (χ4v) is 4.89. The molecule has 0 radical (unpaired) electrons. The average Bonchev–Trinajstić information content (AvgIpc) is 3.09. The third-order valence-electron chi connectivity index (χ3n) is 3.33. The molecule has 0 amide bonds. The summed E-state index contributed by atoms with van der Waals surface area (Å²) in [6, 6.07) is 10.9. The Hall–Kier alpha value is -1.37. The van der Waals surface area contributed by atoms with Gasteiger partial charge in [-0.25, -0.2) is 8.42 Å². The number of hydrogen-bond acceptors (Lipinski definition) is 4. The van der Waals surface area contributed by atoms with E-state index in [1.165, 1.54) is 11.3 Å². The van der Waals surface area contributed by atoms with Gasteiger partial charge in [0.15, 0.2) is 0 Å². The van der Waals surface area contributed by atoms with Crippen LogP contribution in [0.2, 0.25) is 0 Å². The van der Waals surface area contributed by atoms with Gasteiger partial charge in [-0.3, -0.25) is 0 Å². The van der Waals surface area contributed by atoms with E-state index >= 15 is 0 Å². The van der Waals surface area contributed by atoms with Crippen LogP contribution in [-0.4, -0.2) is 18.8 Å². The summed E-state index contributed by atoms with van der Waals surface area (Å²) in [5.74, 6) is 0. The molecule has 2 aromatic rings. The highest BCUT2D eigenvalue weighted by Gasteiger charge is 2.38. The third kappa shape index (κ3) is 2.72. The normalized spacial score (nSPS) is 15.7. The molecule has 1 aromatic carbocycles. The van der Waals surface area contributed by atoms with Gasteiger partial charge in [0.05, 0.1) is 0 Å². The van der Waals surface area contributed by atoms with Crippen molar-refractivity contribution in [3.05, 3.63) is 47.3 Å². The summed E-state index contributed by atoms with van der Waals surface area (Å²) >= 11 is 1.27. The predicted molar refractivity (Wildman–Crippen MR) is 80.9 cm³/mol. The van der Waals surface area contributed by atoms with E-state index < -0.39 is 10.0 Å². The molecule has 0 unspecified atom stereocenters. The van der Waals surface area contributed by atoms with Crippen molar-refractivity contribution in [2.24, 2.45) is 0 Å². The van der Waals surface area contributed by atoms with Crippen molar-refractivity contribution in [2.45, 2.75) is 29.6 Å². The first kappa shape index (κ1) is 13.6. The number of thiophene rings is 1. The van der Waals surface area contributed by atoms with E-state index in [4.69, 9.17) is 5.73 Å². The summed E-state index contributed by atoms with van der Waals surface area (Å²) < 4.78 is 27.3. The first-order valence-electron chi connectivity index (χ1n) is 6.47. The quantitative estimate of drug-likeness (QED) is 0.864. The Labute approximate surface area is 122 Å². The van der Waals surface area contributed by atoms with Gasteiger partial charge in [-0.05, 0) is 42.0 Å². The monoisotopic (exact) mass is 308 g/mol. The molecule has 106 valence electrons. The smallest absolute Gasteiger partial charge is 0.253 e. The van der Waals surface area contributed by atoms with Gasteiger partial charge in [0, 0.05) is 18.3 Å². The van der Waals surface area contributed by atoms with Crippen LogP contribution in [0, 0.1) is 0 Å². The highest BCUT2D eigenvalue weighted by Crippen LogP contribution is 2.34. The number of sulfonamides is 1. The molecule has 1 aliphatic carbocycles. The Bertz CT molecular complexity index is 674. The second-order valence-electron chi connectivity index (χ2n) is 4.96. The largest absolute Gasteiger partial charge is 0.399 e. The summed E-state index contributed by atoms with van der Waals surface area (Å²) in [6.07, 6.45) is 1.89. The van der Waals surface area contributed by atoms with Crippen molar-refractivity contribution in [1.82, 2.24) is 4.31 Å². The first-order valence-corrected chi connectivity index (χ1v) is 8.79. The molecule has 3 rings (SSSR count). The van der Waals surface area contributed by atoms with Crippen molar-refractivity contribution in [1.29, 1.82) is 0 Å². The van der Waals surface area contributed by atoms with Gasteiger partial charge < -0.3 is 5.73 Å². The third-order valence-corrected chi connectivity index (χ3v) is 6.60. The average molecular weight is 308 g/mol. The van der Waals surface area contributed by atoms with E-state index in [1.54, 1.807) is 34.0 Å². The maximum atomic E-state index is 12.7. The highest BCUT2D eigenvalue weighted by atomic mass is 32.2. The minimum Gasteiger partial charge on any atom is -0.399 e. The van der Waals surface area contributed by atoms with Crippen LogP contribution in [0.1, 0.15) is 18.4 Å². The van der Waals surface area contributed by atoms with Crippen molar-refractivity contribution in [2.75, 3.05) is 5.73 Å². The van der Waals surface area contributed by atoms with Gasteiger partial charge in [0.25, 0.3) is 10.0 Å². The van der Waals surface area contributed by atoms with E-state index in [0.29, 0.717) is 16.4 Å². The molecule has 0 bridgehead atoms. The summed E-state index contributed by atoms with van der Waals surface area (Å²) in [5, 5.41) is 1.79. The number of benzene rings is 1. The van der Waals surface area contributed by atoms with Crippen LogP contribution in [0.4, 0.5) is 5.69 Å². The number of hydrogen-bond donors (Lipinski definition) is 1. The number of nitrogen functional groups attached to an aromatic ring is 1. The molecule has 2 N–H and O–H groups in total. The molecule has 1 saturated carbocycles. The maximum absolute atomic E-state index is 12.7. The Balaban J connectivity index is 1.88. The molecule has 1 aliphatic rings. The number of nitrogens with zero attached hydrogens (tertiary/aromatic N) is 1. The SMILES string of the molecule is Nc1ccc(CN(C2CC2)S(=O)(=O)c2cccs2)cc1. The van der Waals surface area contributed by atoms with Gasteiger partial charge in [-0.15, -0.1) is 11.3 Å².